The van der Waals surface area contributed by atoms with E-state index in [9.17, 15) is 0 Å². The smallest absolute Gasteiger partial charge is 0.0731 e. The lowest BCUT2D eigenvalue weighted by Gasteiger charge is -2.19. The van der Waals surface area contributed by atoms with Crippen LogP contribution in [0, 0.1) is 0 Å². The summed E-state index contributed by atoms with van der Waals surface area (Å²) in [5.41, 5.74) is 8.87. The molecule has 0 bridgehead atoms. The highest BCUT2D eigenvalue weighted by Gasteiger charge is 2.19. The van der Waals surface area contributed by atoms with Gasteiger partial charge in [-0.1, -0.05) is 133 Å². The number of benzene rings is 7. The lowest BCUT2D eigenvalue weighted by atomic mass is 9.85. The number of pyridine rings is 2. The minimum atomic E-state index is 0.914. The van der Waals surface area contributed by atoms with Crippen molar-refractivity contribution in [1.29, 1.82) is 0 Å². The number of fused-ring (bicyclic) bond motifs is 4. The molecule has 0 unspecified atom stereocenters. The largest absolute Gasteiger partial charge is 0.263 e. The van der Waals surface area contributed by atoms with Crippen molar-refractivity contribution in [2.75, 3.05) is 0 Å². The first-order valence-electron chi connectivity index (χ1n) is 15.7. The van der Waals surface area contributed by atoms with E-state index in [1.807, 2.05) is 12.4 Å². The van der Waals surface area contributed by atoms with E-state index in [0.29, 0.717) is 0 Å². The zero-order valence-corrected chi connectivity index (χ0v) is 25.1. The number of aromatic nitrogens is 2. The standard InChI is InChI=1S/C44H28N2/c1-2-11-29(12-3-1)32-23-24-38-39(26-32)44(42-20-10-19-41(46-42)40-28-45-27-34-15-6-7-16-35(34)40)37-18-9-8-17-36(37)43(38)33-22-21-30-13-4-5-14-31(30)25-33/h1-28H. The van der Waals surface area contributed by atoms with Crippen LogP contribution < -0.4 is 0 Å². The molecule has 0 atom stereocenters. The summed E-state index contributed by atoms with van der Waals surface area (Å²) in [6.07, 6.45) is 3.85. The normalized spacial score (nSPS) is 11.5. The molecule has 0 amide bonds. The predicted octanol–water partition coefficient (Wildman–Crippen LogP) is 11.8. The third-order valence-corrected chi connectivity index (χ3v) is 9.12. The molecule has 7 aromatic carbocycles. The van der Waals surface area contributed by atoms with E-state index < -0.39 is 0 Å². The van der Waals surface area contributed by atoms with Crippen LogP contribution in [0.5, 0.6) is 0 Å². The van der Waals surface area contributed by atoms with Crippen molar-refractivity contribution in [3.8, 4) is 44.8 Å². The van der Waals surface area contributed by atoms with E-state index >= 15 is 0 Å². The van der Waals surface area contributed by atoms with Crippen LogP contribution in [0.4, 0.5) is 0 Å². The SMILES string of the molecule is c1ccc(-c2ccc3c(-c4ccc5ccccc5c4)c4ccccc4c(-c4cccc(-c5cncc6ccccc56)n4)c3c2)cc1. The molecule has 0 spiro atoms. The van der Waals surface area contributed by atoms with Gasteiger partial charge in [0.2, 0.25) is 0 Å². The van der Waals surface area contributed by atoms with Crippen molar-refractivity contribution in [3.63, 3.8) is 0 Å². The Hall–Kier alpha value is -6.12. The van der Waals surface area contributed by atoms with Gasteiger partial charge in [-0.2, -0.15) is 0 Å². The van der Waals surface area contributed by atoms with E-state index in [2.05, 4.69) is 163 Å². The van der Waals surface area contributed by atoms with Gasteiger partial charge < -0.3 is 0 Å². The Morgan fingerprint density at radius 1 is 0.326 bits per heavy atom. The molecule has 9 rings (SSSR count). The average Bonchev–Trinajstić information content (AvgIpc) is 3.13. The van der Waals surface area contributed by atoms with Gasteiger partial charge in [0.25, 0.3) is 0 Å². The first kappa shape index (κ1) is 26.3. The van der Waals surface area contributed by atoms with Crippen LogP contribution >= 0.6 is 0 Å². The number of hydrogen-bond donors (Lipinski definition) is 0. The summed E-state index contributed by atoms with van der Waals surface area (Å²) in [6, 6.07) is 56.5. The second-order valence-electron chi connectivity index (χ2n) is 11.8. The number of hydrogen-bond acceptors (Lipinski definition) is 2. The zero-order chi connectivity index (χ0) is 30.5. The lowest BCUT2D eigenvalue weighted by Crippen LogP contribution is -1.95. The summed E-state index contributed by atoms with van der Waals surface area (Å²) in [7, 11) is 0. The monoisotopic (exact) mass is 584 g/mol. The van der Waals surface area contributed by atoms with Crippen molar-refractivity contribution in [2.45, 2.75) is 0 Å². The van der Waals surface area contributed by atoms with Crippen molar-refractivity contribution in [1.82, 2.24) is 9.97 Å². The quantitative estimate of drug-likeness (QED) is 0.192. The summed E-state index contributed by atoms with van der Waals surface area (Å²) >= 11 is 0. The molecule has 2 aromatic heterocycles. The molecule has 0 saturated carbocycles. The van der Waals surface area contributed by atoms with Gasteiger partial charge in [0.15, 0.2) is 0 Å². The molecular weight excluding hydrogens is 556 g/mol. The van der Waals surface area contributed by atoms with Gasteiger partial charge in [-0.05, 0) is 84.2 Å². The molecule has 2 heterocycles. The highest BCUT2D eigenvalue weighted by molar-refractivity contribution is 6.22. The second kappa shape index (κ2) is 10.8. The Morgan fingerprint density at radius 3 is 1.83 bits per heavy atom. The highest BCUT2D eigenvalue weighted by Crippen LogP contribution is 2.45. The summed E-state index contributed by atoms with van der Waals surface area (Å²) in [6.45, 7) is 0. The van der Waals surface area contributed by atoms with Gasteiger partial charge in [0, 0.05) is 28.9 Å². The van der Waals surface area contributed by atoms with Gasteiger partial charge in [-0.3, -0.25) is 4.98 Å². The van der Waals surface area contributed by atoms with Crippen molar-refractivity contribution in [2.24, 2.45) is 0 Å². The molecule has 0 saturated heterocycles. The van der Waals surface area contributed by atoms with Gasteiger partial charge in [0.1, 0.15) is 0 Å². The second-order valence-corrected chi connectivity index (χ2v) is 11.8. The fraction of sp³-hybridized carbons (Fsp3) is 0. The van der Waals surface area contributed by atoms with Crippen molar-refractivity contribution >= 4 is 43.1 Å². The molecular formula is C44H28N2. The molecule has 0 aliphatic carbocycles. The van der Waals surface area contributed by atoms with Gasteiger partial charge in [-0.15, -0.1) is 0 Å². The molecule has 46 heavy (non-hydrogen) atoms. The zero-order valence-electron chi connectivity index (χ0n) is 25.1. The van der Waals surface area contributed by atoms with Gasteiger partial charge >= 0.3 is 0 Å². The maximum absolute atomic E-state index is 5.37. The Labute approximate surface area is 267 Å². The molecule has 0 radical (unpaired) electrons. The van der Waals surface area contributed by atoms with Crippen LogP contribution in [-0.4, -0.2) is 9.97 Å². The van der Waals surface area contributed by atoms with Crippen LogP contribution in [0.1, 0.15) is 0 Å². The van der Waals surface area contributed by atoms with Crippen LogP contribution in [-0.2, 0) is 0 Å². The average molecular weight is 585 g/mol. The summed E-state index contributed by atoms with van der Waals surface area (Å²) < 4.78 is 0. The van der Waals surface area contributed by atoms with Crippen molar-refractivity contribution < 1.29 is 0 Å². The van der Waals surface area contributed by atoms with E-state index in [0.717, 1.165) is 33.3 Å². The predicted molar refractivity (Wildman–Crippen MR) is 194 cm³/mol. The Bertz CT molecular complexity index is 2580. The fourth-order valence-corrected chi connectivity index (χ4v) is 6.96. The summed E-state index contributed by atoms with van der Waals surface area (Å²) in [5.74, 6) is 0. The third kappa shape index (κ3) is 4.35. The Morgan fingerprint density at radius 2 is 0.978 bits per heavy atom. The van der Waals surface area contributed by atoms with Crippen LogP contribution in [0.15, 0.2) is 170 Å². The van der Waals surface area contributed by atoms with E-state index in [1.165, 1.54) is 54.6 Å². The summed E-state index contributed by atoms with van der Waals surface area (Å²) in [4.78, 5) is 9.93. The molecule has 0 aliphatic rings. The lowest BCUT2D eigenvalue weighted by molar-refractivity contribution is 1.30. The topological polar surface area (TPSA) is 25.8 Å². The maximum atomic E-state index is 5.37. The molecule has 0 fully saturated rings. The maximum Gasteiger partial charge on any atom is 0.0731 e. The number of nitrogens with zero attached hydrogens (tertiary/aromatic N) is 2. The van der Waals surface area contributed by atoms with E-state index in [1.54, 1.807) is 0 Å². The Kier molecular flexibility index (Phi) is 6.17. The molecule has 2 heteroatoms. The highest BCUT2D eigenvalue weighted by atomic mass is 14.7. The molecule has 0 N–H and O–H groups in total. The minimum absolute atomic E-state index is 0.914. The molecule has 214 valence electrons. The van der Waals surface area contributed by atoms with Crippen molar-refractivity contribution in [3.05, 3.63) is 170 Å². The first-order valence-corrected chi connectivity index (χ1v) is 15.7. The number of rotatable bonds is 4. The van der Waals surface area contributed by atoms with Gasteiger partial charge in [-0.25, -0.2) is 4.98 Å². The molecule has 2 nitrogen and oxygen atoms in total. The van der Waals surface area contributed by atoms with E-state index in [-0.39, 0.29) is 0 Å². The minimum Gasteiger partial charge on any atom is -0.263 e. The van der Waals surface area contributed by atoms with Crippen LogP contribution in [0.25, 0.3) is 87.9 Å². The van der Waals surface area contributed by atoms with E-state index in [4.69, 9.17) is 4.98 Å². The fourth-order valence-electron chi connectivity index (χ4n) is 6.96. The first-order chi connectivity index (χ1) is 22.8. The summed E-state index contributed by atoms with van der Waals surface area (Å²) in [5, 5.41) is 9.53. The third-order valence-electron chi connectivity index (χ3n) is 9.12. The van der Waals surface area contributed by atoms with Gasteiger partial charge in [0.05, 0.1) is 11.4 Å². The van der Waals surface area contributed by atoms with Crippen LogP contribution in [0.2, 0.25) is 0 Å². The molecule has 9 aromatic rings. The van der Waals surface area contributed by atoms with Crippen LogP contribution in [0.3, 0.4) is 0 Å². The molecule has 0 aliphatic heterocycles. The Balaban J connectivity index is 1.37.